The summed E-state index contributed by atoms with van der Waals surface area (Å²) in [6.07, 6.45) is 0. The maximum Gasteiger partial charge on any atom is 0.365 e. The Morgan fingerprint density at radius 3 is 2.92 bits per heavy atom. The van der Waals surface area contributed by atoms with E-state index in [1.54, 1.807) is 18.2 Å². The van der Waals surface area contributed by atoms with Crippen LogP contribution in [-0.2, 0) is 11.1 Å². The van der Waals surface area contributed by atoms with Gasteiger partial charge in [-0.3, -0.25) is 0 Å². The number of hydrogen-bond acceptors (Lipinski definition) is 3. The van der Waals surface area contributed by atoms with E-state index in [2.05, 4.69) is 4.52 Å². The van der Waals surface area contributed by atoms with Crippen molar-refractivity contribution < 1.29 is 14.0 Å². The van der Waals surface area contributed by atoms with Crippen LogP contribution in [0.4, 0.5) is 0 Å². The molecule has 0 bridgehead atoms. The minimum atomic E-state index is -2.90. The maximum absolute atomic E-state index is 10.3. The standard InChI is InChI=1S/C7H10NO3P/c8-5-6-2-1-3-7(4-6)11-12(9)10/h1-4,12H,5,8H2,(H,9,10). The molecule has 1 rings (SSSR count). The molecule has 5 heteroatoms. The third kappa shape index (κ3) is 2.66. The molecule has 0 aliphatic carbocycles. The molecule has 0 heterocycles. The van der Waals surface area contributed by atoms with Crippen molar-refractivity contribution in [2.75, 3.05) is 0 Å². The lowest BCUT2D eigenvalue weighted by molar-refractivity contribution is 0.410. The fraction of sp³-hybridized carbons (Fsp3) is 0.143. The molecule has 66 valence electrons. The minimum Gasteiger partial charge on any atom is -0.426 e. The summed E-state index contributed by atoms with van der Waals surface area (Å²) in [5.74, 6) is 0.379. The minimum absolute atomic E-state index is 0.379. The zero-order valence-corrected chi connectivity index (χ0v) is 7.36. The van der Waals surface area contributed by atoms with E-state index in [0.717, 1.165) is 5.56 Å². The van der Waals surface area contributed by atoms with E-state index in [0.29, 0.717) is 12.3 Å². The summed E-state index contributed by atoms with van der Waals surface area (Å²) in [6, 6.07) is 6.79. The van der Waals surface area contributed by atoms with Gasteiger partial charge in [0, 0.05) is 6.54 Å². The number of benzene rings is 1. The van der Waals surface area contributed by atoms with Crippen LogP contribution in [-0.4, -0.2) is 4.89 Å². The predicted octanol–water partition coefficient (Wildman–Crippen LogP) is 0.906. The molecule has 0 radical (unpaired) electrons. The molecule has 0 aliphatic rings. The van der Waals surface area contributed by atoms with Crippen molar-refractivity contribution in [1.82, 2.24) is 0 Å². The lowest BCUT2D eigenvalue weighted by Crippen LogP contribution is -1.95. The third-order valence-electron chi connectivity index (χ3n) is 1.34. The molecule has 0 fully saturated rings. The monoisotopic (exact) mass is 187 g/mol. The summed E-state index contributed by atoms with van der Waals surface area (Å²) in [7, 11) is -2.90. The second kappa shape index (κ2) is 4.26. The molecule has 0 spiro atoms. The highest BCUT2D eigenvalue weighted by Crippen LogP contribution is 2.23. The first kappa shape index (κ1) is 9.26. The first-order valence-electron chi connectivity index (χ1n) is 3.42. The average molecular weight is 187 g/mol. The van der Waals surface area contributed by atoms with Crippen LogP contribution in [0.1, 0.15) is 5.56 Å². The highest BCUT2D eigenvalue weighted by atomic mass is 31.1. The fourth-order valence-corrected chi connectivity index (χ4v) is 1.17. The van der Waals surface area contributed by atoms with Gasteiger partial charge in [-0.15, -0.1) is 0 Å². The summed E-state index contributed by atoms with van der Waals surface area (Å²) in [4.78, 5) is 8.46. The topological polar surface area (TPSA) is 72.5 Å². The second-order valence-corrected chi connectivity index (χ2v) is 2.96. The Balaban J connectivity index is 2.79. The fourth-order valence-electron chi connectivity index (χ4n) is 0.837. The van der Waals surface area contributed by atoms with E-state index in [1.807, 2.05) is 6.07 Å². The zero-order valence-electron chi connectivity index (χ0n) is 6.36. The van der Waals surface area contributed by atoms with Crippen LogP contribution in [0.3, 0.4) is 0 Å². The number of nitrogens with two attached hydrogens (primary N) is 1. The van der Waals surface area contributed by atoms with Gasteiger partial charge < -0.3 is 15.2 Å². The highest BCUT2D eigenvalue weighted by molar-refractivity contribution is 7.32. The van der Waals surface area contributed by atoms with Gasteiger partial charge in [-0.2, -0.15) is 0 Å². The molecule has 0 aliphatic heterocycles. The Kier molecular flexibility index (Phi) is 3.29. The van der Waals surface area contributed by atoms with E-state index in [9.17, 15) is 4.57 Å². The molecule has 12 heavy (non-hydrogen) atoms. The highest BCUT2D eigenvalue weighted by Gasteiger charge is 1.97. The van der Waals surface area contributed by atoms with E-state index >= 15 is 0 Å². The van der Waals surface area contributed by atoms with Crippen molar-refractivity contribution in [3.8, 4) is 5.75 Å². The molecule has 3 N–H and O–H groups in total. The lowest BCUT2D eigenvalue weighted by Gasteiger charge is -2.02. The quantitative estimate of drug-likeness (QED) is 0.689. The number of rotatable bonds is 3. The normalized spacial score (nSPS) is 12.5. The Bertz CT molecular complexity index is 290. The van der Waals surface area contributed by atoms with E-state index in [-0.39, 0.29) is 0 Å². The molecule has 1 aromatic rings. The van der Waals surface area contributed by atoms with Gasteiger partial charge in [-0.1, -0.05) is 12.1 Å². The Labute approximate surface area is 70.9 Å². The smallest absolute Gasteiger partial charge is 0.365 e. The Morgan fingerprint density at radius 2 is 2.33 bits per heavy atom. The molecule has 0 saturated carbocycles. The van der Waals surface area contributed by atoms with Gasteiger partial charge in [0.1, 0.15) is 5.75 Å². The van der Waals surface area contributed by atoms with Crippen molar-refractivity contribution in [1.29, 1.82) is 0 Å². The molecule has 1 aromatic carbocycles. The van der Waals surface area contributed by atoms with Crippen molar-refractivity contribution in [2.24, 2.45) is 5.73 Å². The SMILES string of the molecule is NCc1cccc(O[PH](=O)O)c1. The lowest BCUT2D eigenvalue weighted by atomic mass is 10.2. The average Bonchev–Trinajstić information content (AvgIpc) is 2.03. The molecule has 1 atom stereocenters. The largest absolute Gasteiger partial charge is 0.426 e. The van der Waals surface area contributed by atoms with Crippen LogP contribution in [0.25, 0.3) is 0 Å². The van der Waals surface area contributed by atoms with Crippen molar-refractivity contribution in [3.05, 3.63) is 29.8 Å². The Hall–Kier alpha value is -0.830. The summed E-state index contributed by atoms with van der Waals surface area (Å²) >= 11 is 0. The molecule has 0 saturated heterocycles. The molecule has 1 unspecified atom stereocenters. The molecule has 0 amide bonds. The van der Waals surface area contributed by atoms with Crippen LogP contribution < -0.4 is 10.3 Å². The molecule has 0 aromatic heterocycles. The first-order valence-corrected chi connectivity index (χ1v) is 4.68. The third-order valence-corrected chi connectivity index (χ3v) is 1.75. The van der Waals surface area contributed by atoms with E-state index in [1.165, 1.54) is 0 Å². The Morgan fingerprint density at radius 1 is 1.58 bits per heavy atom. The molecular weight excluding hydrogens is 177 g/mol. The van der Waals surface area contributed by atoms with Gasteiger partial charge in [-0.25, -0.2) is 4.57 Å². The summed E-state index contributed by atoms with van der Waals surface area (Å²) in [5.41, 5.74) is 6.23. The van der Waals surface area contributed by atoms with Crippen molar-refractivity contribution in [3.63, 3.8) is 0 Å². The number of hydrogen-bond donors (Lipinski definition) is 2. The molecular formula is C7H10NO3P. The van der Waals surface area contributed by atoms with Crippen LogP contribution in [0.15, 0.2) is 24.3 Å². The first-order chi connectivity index (χ1) is 5.72. The summed E-state index contributed by atoms with van der Waals surface area (Å²) < 4.78 is 14.9. The van der Waals surface area contributed by atoms with Crippen molar-refractivity contribution in [2.45, 2.75) is 6.54 Å². The van der Waals surface area contributed by atoms with Crippen LogP contribution in [0.5, 0.6) is 5.75 Å². The van der Waals surface area contributed by atoms with Gasteiger partial charge >= 0.3 is 8.25 Å². The maximum atomic E-state index is 10.3. The van der Waals surface area contributed by atoms with Gasteiger partial charge in [-0.05, 0) is 17.7 Å². The van der Waals surface area contributed by atoms with Crippen LogP contribution >= 0.6 is 8.25 Å². The van der Waals surface area contributed by atoms with E-state index in [4.69, 9.17) is 10.6 Å². The van der Waals surface area contributed by atoms with Crippen LogP contribution in [0.2, 0.25) is 0 Å². The predicted molar refractivity (Wildman–Crippen MR) is 46.2 cm³/mol. The van der Waals surface area contributed by atoms with Crippen molar-refractivity contribution >= 4 is 8.25 Å². The van der Waals surface area contributed by atoms with Gasteiger partial charge in [0.05, 0.1) is 0 Å². The summed E-state index contributed by atoms with van der Waals surface area (Å²) in [6.45, 7) is 0.392. The van der Waals surface area contributed by atoms with Gasteiger partial charge in [0.25, 0.3) is 0 Å². The zero-order chi connectivity index (χ0) is 8.97. The second-order valence-electron chi connectivity index (χ2n) is 2.22. The molecule has 4 nitrogen and oxygen atoms in total. The van der Waals surface area contributed by atoms with Gasteiger partial charge in [0.2, 0.25) is 0 Å². The summed E-state index contributed by atoms with van der Waals surface area (Å²) in [5, 5.41) is 0. The van der Waals surface area contributed by atoms with Gasteiger partial charge in [0.15, 0.2) is 0 Å². The van der Waals surface area contributed by atoms with Crippen LogP contribution in [0, 0.1) is 0 Å². The van der Waals surface area contributed by atoms with E-state index < -0.39 is 8.25 Å².